The van der Waals surface area contributed by atoms with E-state index in [1.807, 2.05) is 13.0 Å². The molecule has 2 aromatic heterocycles. The van der Waals surface area contributed by atoms with Crippen molar-refractivity contribution in [1.29, 1.82) is 0 Å². The zero-order valence-corrected chi connectivity index (χ0v) is 21.1. The van der Waals surface area contributed by atoms with Crippen LogP contribution in [0.3, 0.4) is 0 Å². The topological polar surface area (TPSA) is 109 Å². The highest BCUT2D eigenvalue weighted by Crippen LogP contribution is 2.25. The smallest absolute Gasteiger partial charge is 0.263 e. The van der Waals surface area contributed by atoms with Crippen LogP contribution in [0.1, 0.15) is 28.7 Å². The number of carbonyl (C=O) groups excluding carboxylic acids is 1. The maximum Gasteiger partial charge on any atom is 0.263 e. The SMILES string of the molecule is C[C@@H](C(=O)NC1CCN(c2ccc(S(=O)(=O)Nc3ncns3)cc2)CC1)n1ccc2c(F)cccc21.[HH].[HH]. The number of anilines is 2. The Morgan fingerprint density at radius 2 is 1.92 bits per heavy atom. The van der Waals surface area contributed by atoms with Gasteiger partial charge in [-0.3, -0.25) is 9.52 Å². The van der Waals surface area contributed by atoms with E-state index in [9.17, 15) is 17.6 Å². The normalized spacial score (nSPS) is 15.7. The van der Waals surface area contributed by atoms with Crippen LogP contribution in [-0.4, -0.2) is 47.4 Å². The minimum absolute atomic E-state index is 0. The molecule has 1 aliphatic heterocycles. The Kier molecular flexibility index (Phi) is 6.63. The second kappa shape index (κ2) is 9.86. The number of hydrogen-bond acceptors (Lipinski definition) is 7. The van der Waals surface area contributed by atoms with E-state index in [2.05, 4.69) is 24.3 Å². The Bertz CT molecular complexity index is 1470. The summed E-state index contributed by atoms with van der Waals surface area (Å²) in [5.41, 5.74) is 1.61. The third kappa shape index (κ3) is 4.91. The lowest BCUT2D eigenvalue weighted by Crippen LogP contribution is -2.46. The zero-order chi connectivity index (χ0) is 25.3. The molecule has 1 aliphatic rings. The number of carbonyl (C=O) groups is 1. The van der Waals surface area contributed by atoms with E-state index in [1.54, 1.807) is 47.2 Å². The van der Waals surface area contributed by atoms with E-state index >= 15 is 0 Å². The van der Waals surface area contributed by atoms with Gasteiger partial charge < -0.3 is 14.8 Å². The highest BCUT2D eigenvalue weighted by Gasteiger charge is 2.25. The summed E-state index contributed by atoms with van der Waals surface area (Å²) in [6, 6.07) is 12.8. The maximum atomic E-state index is 14.0. The summed E-state index contributed by atoms with van der Waals surface area (Å²) in [7, 11) is -3.73. The van der Waals surface area contributed by atoms with Crippen LogP contribution in [0.2, 0.25) is 0 Å². The largest absolute Gasteiger partial charge is 0.371 e. The summed E-state index contributed by atoms with van der Waals surface area (Å²) >= 11 is 0.970. The van der Waals surface area contributed by atoms with Crippen LogP contribution in [0.15, 0.2) is 66.0 Å². The summed E-state index contributed by atoms with van der Waals surface area (Å²) in [5, 5.41) is 3.85. The summed E-state index contributed by atoms with van der Waals surface area (Å²) in [6.07, 6.45) is 4.56. The number of fused-ring (bicyclic) bond motifs is 1. The Labute approximate surface area is 215 Å². The van der Waals surface area contributed by atoms with Gasteiger partial charge in [-0.25, -0.2) is 17.8 Å². The molecular formula is C24H29FN6O3S2. The van der Waals surface area contributed by atoms with Crippen molar-refractivity contribution < 1.29 is 20.5 Å². The number of aromatic nitrogens is 3. The minimum atomic E-state index is -3.73. The molecule has 0 radical (unpaired) electrons. The van der Waals surface area contributed by atoms with Gasteiger partial charge in [-0.15, -0.1) is 0 Å². The molecule has 0 aliphatic carbocycles. The first-order valence-electron chi connectivity index (χ1n) is 11.5. The van der Waals surface area contributed by atoms with Gasteiger partial charge in [0.25, 0.3) is 10.0 Å². The lowest BCUT2D eigenvalue weighted by molar-refractivity contribution is -0.124. The number of nitrogens with zero attached hydrogens (tertiary/aromatic N) is 4. The molecule has 9 nitrogen and oxygen atoms in total. The minimum Gasteiger partial charge on any atom is -0.371 e. The number of piperidine rings is 1. The first kappa shape index (κ1) is 24.2. The van der Waals surface area contributed by atoms with Gasteiger partial charge in [0.2, 0.25) is 11.0 Å². The third-order valence-electron chi connectivity index (χ3n) is 6.44. The van der Waals surface area contributed by atoms with Crippen LogP contribution >= 0.6 is 11.5 Å². The van der Waals surface area contributed by atoms with Crippen molar-refractivity contribution in [1.82, 2.24) is 19.2 Å². The molecule has 1 atom stereocenters. The van der Waals surface area contributed by atoms with Crippen molar-refractivity contribution in [2.45, 2.75) is 36.7 Å². The molecule has 0 bridgehead atoms. The van der Waals surface area contributed by atoms with E-state index in [0.717, 1.165) is 43.2 Å². The standard InChI is InChI=1S/C24H25FN6O3S2.2H2/c1-16(31-14-11-20-21(25)3-2-4-22(20)31)23(32)28-17-9-12-30(13-10-17)18-5-7-19(8-6-18)36(33,34)29-24-26-15-27-35-24;;/h2-8,11,14-17H,9-10,12-13H2,1H3,(H,28,32)(H,26,27,29);2*1H/t16-;;/m0../s1. The molecule has 36 heavy (non-hydrogen) atoms. The number of amides is 1. The third-order valence-corrected chi connectivity index (χ3v) is 8.51. The van der Waals surface area contributed by atoms with Gasteiger partial charge in [-0.2, -0.15) is 4.37 Å². The van der Waals surface area contributed by atoms with Gasteiger partial charge in [0.05, 0.1) is 10.4 Å². The average Bonchev–Trinajstić information content (AvgIpc) is 3.54. The lowest BCUT2D eigenvalue weighted by Gasteiger charge is -2.34. The second-order valence-corrected chi connectivity index (χ2v) is 11.1. The fourth-order valence-electron chi connectivity index (χ4n) is 4.45. The lowest BCUT2D eigenvalue weighted by atomic mass is 10.0. The molecule has 0 unspecified atom stereocenters. The van der Waals surface area contributed by atoms with Gasteiger partial charge in [0.1, 0.15) is 18.2 Å². The van der Waals surface area contributed by atoms with Crippen LogP contribution in [-0.2, 0) is 14.8 Å². The van der Waals surface area contributed by atoms with Gasteiger partial charge in [-0.1, -0.05) is 6.07 Å². The van der Waals surface area contributed by atoms with Gasteiger partial charge in [-0.05, 0) is 62.2 Å². The molecule has 12 heteroatoms. The fraction of sp³-hybridized carbons (Fsp3) is 0.292. The predicted octanol–water partition coefficient (Wildman–Crippen LogP) is 4.27. The Hall–Kier alpha value is -3.51. The van der Waals surface area contributed by atoms with Crippen molar-refractivity contribution in [3.63, 3.8) is 0 Å². The average molecular weight is 533 g/mol. The molecule has 1 fully saturated rings. The van der Waals surface area contributed by atoms with E-state index < -0.39 is 16.1 Å². The summed E-state index contributed by atoms with van der Waals surface area (Å²) < 4.78 is 47.0. The molecule has 3 heterocycles. The molecule has 0 spiro atoms. The highest BCUT2D eigenvalue weighted by molar-refractivity contribution is 7.93. The molecule has 1 amide bonds. The summed E-state index contributed by atoms with van der Waals surface area (Å²) in [5.74, 6) is -0.405. The van der Waals surface area contributed by atoms with Crippen LogP contribution in [0, 0.1) is 5.82 Å². The molecule has 0 saturated carbocycles. The monoisotopic (exact) mass is 532 g/mol. The van der Waals surface area contributed by atoms with Crippen molar-refractivity contribution in [3.05, 3.63) is 66.9 Å². The van der Waals surface area contributed by atoms with Gasteiger partial charge >= 0.3 is 0 Å². The van der Waals surface area contributed by atoms with Crippen LogP contribution in [0.25, 0.3) is 10.9 Å². The van der Waals surface area contributed by atoms with Gasteiger partial charge in [0.15, 0.2) is 0 Å². The molecule has 2 aromatic carbocycles. The number of sulfonamides is 1. The molecule has 4 aromatic rings. The highest BCUT2D eigenvalue weighted by atomic mass is 32.2. The quantitative estimate of drug-likeness (QED) is 0.368. The van der Waals surface area contributed by atoms with E-state index in [0.29, 0.717) is 10.9 Å². The van der Waals surface area contributed by atoms with E-state index in [-0.39, 0.29) is 30.6 Å². The molecule has 192 valence electrons. The predicted molar refractivity (Wildman–Crippen MR) is 141 cm³/mol. The Morgan fingerprint density at radius 3 is 2.61 bits per heavy atom. The molecule has 5 rings (SSSR count). The number of nitrogens with one attached hydrogen (secondary N) is 2. The van der Waals surface area contributed by atoms with Crippen LogP contribution in [0.4, 0.5) is 15.2 Å². The van der Waals surface area contributed by atoms with Gasteiger partial charge in [0, 0.05) is 50.8 Å². The maximum absolute atomic E-state index is 14.0. The van der Waals surface area contributed by atoms with Crippen molar-refractivity contribution in [2.75, 3.05) is 22.7 Å². The van der Waals surface area contributed by atoms with Crippen molar-refractivity contribution >= 4 is 49.2 Å². The fourth-order valence-corrected chi connectivity index (χ4v) is 6.11. The van der Waals surface area contributed by atoms with E-state index in [1.165, 1.54) is 12.4 Å². The zero-order valence-electron chi connectivity index (χ0n) is 19.5. The number of hydrogen-bond donors (Lipinski definition) is 2. The first-order valence-corrected chi connectivity index (χ1v) is 13.8. The number of halogens is 1. The van der Waals surface area contributed by atoms with Crippen molar-refractivity contribution in [3.8, 4) is 0 Å². The Morgan fingerprint density at radius 1 is 1.17 bits per heavy atom. The number of benzene rings is 2. The molecule has 1 saturated heterocycles. The van der Waals surface area contributed by atoms with E-state index in [4.69, 9.17) is 0 Å². The first-order chi connectivity index (χ1) is 17.3. The second-order valence-electron chi connectivity index (χ2n) is 8.69. The molecular weight excluding hydrogens is 503 g/mol. The Balaban J connectivity index is 0.00000200. The van der Waals surface area contributed by atoms with Crippen LogP contribution < -0.4 is 14.9 Å². The number of rotatable bonds is 7. The molecule has 2 N–H and O–H groups in total. The van der Waals surface area contributed by atoms with Crippen LogP contribution in [0.5, 0.6) is 0 Å². The summed E-state index contributed by atoms with van der Waals surface area (Å²) in [4.78, 5) is 19.1. The van der Waals surface area contributed by atoms with Crippen molar-refractivity contribution in [2.24, 2.45) is 0 Å². The summed E-state index contributed by atoms with van der Waals surface area (Å²) in [6.45, 7) is 3.27.